The van der Waals surface area contributed by atoms with E-state index in [1.54, 1.807) is 0 Å². The van der Waals surface area contributed by atoms with E-state index in [1.165, 1.54) is 44.2 Å². The molecular weight excluding hydrogens is 162 g/mol. The zero-order valence-electron chi connectivity index (χ0n) is 7.92. The average Bonchev–Trinajstić information content (AvgIpc) is 2.43. The minimum absolute atomic E-state index is 0.624. The first-order chi connectivity index (χ1) is 6.36. The second kappa shape index (κ2) is 3.81. The van der Waals surface area contributed by atoms with Crippen molar-refractivity contribution in [1.82, 2.24) is 10.2 Å². The number of nitrogen functional groups attached to an aromatic ring is 1. The van der Waals surface area contributed by atoms with Crippen LogP contribution < -0.4 is 5.73 Å². The molecule has 3 nitrogen and oxygen atoms in total. The molecule has 0 atom stereocenters. The monoisotopic (exact) mass is 179 g/mol. The maximum Gasteiger partial charge on any atom is 0.145 e. The van der Waals surface area contributed by atoms with Crippen LogP contribution in [0.3, 0.4) is 0 Å². The van der Waals surface area contributed by atoms with Gasteiger partial charge in [-0.15, -0.1) is 0 Å². The fourth-order valence-corrected chi connectivity index (χ4v) is 2.15. The van der Waals surface area contributed by atoms with Crippen LogP contribution in [0.2, 0.25) is 0 Å². The van der Waals surface area contributed by atoms with Crippen molar-refractivity contribution in [2.24, 2.45) is 0 Å². The maximum atomic E-state index is 5.58. The molecule has 72 valence electrons. The highest BCUT2D eigenvalue weighted by Crippen LogP contribution is 2.30. The Morgan fingerprint density at radius 1 is 1.23 bits per heavy atom. The number of nitrogens with one attached hydrogen (secondary N) is 1. The number of anilines is 1. The van der Waals surface area contributed by atoms with Crippen LogP contribution >= 0.6 is 0 Å². The molecule has 1 aromatic rings. The summed E-state index contributed by atoms with van der Waals surface area (Å²) in [6.07, 6.45) is 8.07. The summed E-state index contributed by atoms with van der Waals surface area (Å²) in [5.74, 6) is 1.30. The van der Waals surface area contributed by atoms with Crippen molar-refractivity contribution in [1.29, 1.82) is 0 Å². The van der Waals surface area contributed by atoms with Gasteiger partial charge in [0.05, 0.1) is 0 Å². The van der Waals surface area contributed by atoms with Crippen molar-refractivity contribution in [3.63, 3.8) is 0 Å². The lowest BCUT2D eigenvalue weighted by Crippen LogP contribution is -1.97. The number of hydrogen-bond donors (Lipinski definition) is 2. The van der Waals surface area contributed by atoms with Gasteiger partial charge >= 0.3 is 0 Å². The van der Waals surface area contributed by atoms with Crippen molar-refractivity contribution in [3.8, 4) is 0 Å². The predicted molar refractivity (Wildman–Crippen MR) is 53.4 cm³/mol. The van der Waals surface area contributed by atoms with E-state index in [0.717, 1.165) is 0 Å². The molecule has 1 aliphatic rings. The Bertz CT molecular complexity index is 259. The molecule has 1 aromatic heterocycles. The predicted octanol–water partition coefficient (Wildman–Crippen LogP) is 2.43. The molecule has 1 fully saturated rings. The number of hydrogen-bond acceptors (Lipinski definition) is 2. The molecular formula is C10H17N3. The molecule has 0 aromatic carbocycles. The Balaban J connectivity index is 2.06. The molecule has 13 heavy (non-hydrogen) atoms. The van der Waals surface area contributed by atoms with E-state index in [2.05, 4.69) is 10.2 Å². The van der Waals surface area contributed by atoms with E-state index < -0.39 is 0 Å². The van der Waals surface area contributed by atoms with Crippen LogP contribution in [0, 0.1) is 0 Å². The van der Waals surface area contributed by atoms with Gasteiger partial charge in [0.25, 0.3) is 0 Å². The molecule has 0 bridgehead atoms. The minimum atomic E-state index is 0.624. The lowest BCUT2D eigenvalue weighted by molar-refractivity contribution is 0.576. The fraction of sp³-hybridized carbons (Fsp3) is 0.700. The van der Waals surface area contributed by atoms with Gasteiger partial charge in [0.2, 0.25) is 0 Å². The zero-order valence-corrected chi connectivity index (χ0v) is 7.92. The lowest BCUT2D eigenvalue weighted by atomic mass is 9.97. The highest BCUT2D eigenvalue weighted by molar-refractivity contribution is 5.30. The molecule has 0 saturated heterocycles. The van der Waals surface area contributed by atoms with Crippen molar-refractivity contribution < 1.29 is 0 Å². The third-order valence-electron chi connectivity index (χ3n) is 2.91. The summed E-state index contributed by atoms with van der Waals surface area (Å²) in [4.78, 5) is 0. The van der Waals surface area contributed by atoms with Gasteiger partial charge in [-0.1, -0.05) is 25.7 Å². The first kappa shape index (κ1) is 8.60. The minimum Gasteiger partial charge on any atom is -0.382 e. The SMILES string of the molecule is Nc1cc(C2CCCCCC2)[nH]n1. The highest BCUT2D eigenvalue weighted by Gasteiger charge is 2.15. The number of H-pyrrole nitrogens is 1. The highest BCUT2D eigenvalue weighted by atomic mass is 15.2. The largest absolute Gasteiger partial charge is 0.382 e. The van der Waals surface area contributed by atoms with Gasteiger partial charge in [0, 0.05) is 17.7 Å². The van der Waals surface area contributed by atoms with E-state index in [4.69, 9.17) is 5.73 Å². The number of aromatic amines is 1. The van der Waals surface area contributed by atoms with Crippen LogP contribution in [0.15, 0.2) is 6.07 Å². The topological polar surface area (TPSA) is 54.7 Å². The van der Waals surface area contributed by atoms with Crippen molar-refractivity contribution in [3.05, 3.63) is 11.8 Å². The van der Waals surface area contributed by atoms with Crippen LogP contribution in [0.1, 0.15) is 50.1 Å². The van der Waals surface area contributed by atoms with E-state index >= 15 is 0 Å². The number of nitrogens with two attached hydrogens (primary N) is 1. The molecule has 0 amide bonds. The van der Waals surface area contributed by atoms with Crippen LogP contribution in [-0.2, 0) is 0 Å². The Hall–Kier alpha value is -0.990. The first-order valence-corrected chi connectivity index (χ1v) is 5.17. The van der Waals surface area contributed by atoms with Gasteiger partial charge in [-0.25, -0.2) is 0 Å². The second-order valence-electron chi connectivity index (χ2n) is 3.94. The molecule has 0 unspecified atom stereocenters. The summed E-state index contributed by atoms with van der Waals surface area (Å²) in [6, 6.07) is 1.98. The zero-order chi connectivity index (χ0) is 9.10. The standard InChI is InChI=1S/C10H17N3/c11-10-7-9(12-13-10)8-5-3-1-2-4-6-8/h7-8H,1-6H2,(H3,11,12,13). The second-order valence-corrected chi connectivity index (χ2v) is 3.94. The molecule has 3 N–H and O–H groups in total. The van der Waals surface area contributed by atoms with Crippen LogP contribution in [0.5, 0.6) is 0 Å². The normalized spacial score (nSPS) is 20.0. The molecule has 1 saturated carbocycles. The Morgan fingerprint density at radius 3 is 2.46 bits per heavy atom. The van der Waals surface area contributed by atoms with E-state index in [-0.39, 0.29) is 0 Å². The van der Waals surface area contributed by atoms with Crippen molar-refractivity contribution in [2.75, 3.05) is 5.73 Å². The van der Waals surface area contributed by atoms with Gasteiger partial charge in [0.15, 0.2) is 0 Å². The van der Waals surface area contributed by atoms with E-state index in [1.807, 2.05) is 6.07 Å². The molecule has 3 heteroatoms. The van der Waals surface area contributed by atoms with Crippen LogP contribution in [0.25, 0.3) is 0 Å². The smallest absolute Gasteiger partial charge is 0.145 e. The number of aromatic nitrogens is 2. The summed E-state index contributed by atoms with van der Waals surface area (Å²) < 4.78 is 0. The summed E-state index contributed by atoms with van der Waals surface area (Å²) in [5, 5.41) is 7.00. The van der Waals surface area contributed by atoms with Gasteiger partial charge in [-0.05, 0) is 12.8 Å². The summed E-state index contributed by atoms with van der Waals surface area (Å²) in [7, 11) is 0. The van der Waals surface area contributed by atoms with E-state index in [9.17, 15) is 0 Å². The van der Waals surface area contributed by atoms with E-state index in [0.29, 0.717) is 11.7 Å². The quantitative estimate of drug-likeness (QED) is 0.650. The molecule has 2 rings (SSSR count). The van der Waals surface area contributed by atoms with Crippen LogP contribution in [-0.4, -0.2) is 10.2 Å². The summed E-state index contributed by atoms with van der Waals surface area (Å²) >= 11 is 0. The third kappa shape index (κ3) is 2.02. The average molecular weight is 179 g/mol. The Morgan fingerprint density at radius 2 is 1.92 bits per heavy atom. The van der Waals surface area contributed by atoms with Gasteiger partial charge in [-0.3, -0.25) is 5.10 Å². The maximum absolute atomic E-state index is 5.58. The Labute approximate surface area is 78.7 Å². The lowest BCUT2D eigenvalue weighted by Gasteiger charge is -2.10. The Kier molecular flexibility index (Phi) is 2.52. The summed E-state index contributed by atoms with van der Waals surface area (Å²) in [5.41, 5.74) is 6.82. The molecule has 0 radical (unpaired) electrons. The number of rotatable bonds is 1. The molecule has 0 aliphatic heterocycles. The third-order valence-corrected chi connectivity index (χ3v) is 2.91. The number of nitrogens with zero attached hydrogens (tertiary/aromatic N) is 1. The molecule has 0 spiro atoms. The van der Waals surface area contributed by atoms with Crippen LogP contribution in [0.4, 0.5) is 5.82 Å². The van der Waals surface area contributed by atoms with Crippen molar-refractivity contribution >= 4 is 5.82 Å². The van der Waals surface area contributed by atoms with Gasteiger partial charge < -0.3 is 5.73 Å². The first-order valence-electron chi connectivity index (χ1n) is 5.17. The molecule has 1 heterocycles. The van der Waals surface area contributed by atoms with Crippen molar-refractivity contribution in [2.45, 2.75) is 44.4 Å². The molecule has 1 aliphatic carbocycles. The summed E-state index contributed by atoms with van der Waals surface area (Å²) in [6.45, 7) is 0. The van der Waals surface area contributed by atoms with Gasteiger partial charge in [-0.2, -0.15) is 5.10 Å². The fourth-order valence-electron chi connectivity index (χ4n) is 2.15. The van der Waals surface area contributed by atoms with Gasteiger partial charge in [0.1, 0.15) is 5.82 Å².